The lowest BCUT2D eigenvalue weighted by molar-refractivity contribution is 0.185. The Morgan fingerprint density at radius 2 is 2.05 bits per heavy atom. The molecule has 1 fully saturated rings. The zero-order valence-corrected chi connectivity index (χ0v) is 11.9. The molecular weight excluding hydrogens is 242 g/mol. The smallest absolute Gasteiger partial charge is 0.314 e. The van der Waals surface area contributed by atoms with Gasteiger partial charge in [0.25, 0.3) is 0 Å². The number of primary amides is 1. The Morgan fingerprint density at radius 3 is 2.53 bits per heavy atom. The van der Waals surface area contributed by atoms with Gasteiger partial charge in [-0.2, -0.15) is 5.10 Å². The minimum atomic E-state index is -0.308. The van der Waals surface area contributed by atoms with Crippen LogP contribution >= 0.6 is 0 Å². The highest BCUT2D eigenvalue weighted by atomic mass is 16.2. The topological polar surface area (TPSA) is 76.2 Å². The van der Waals surface area contributed by atoms with Gasteiger partial charge in [-0.1, -0.05) is 0 Å². The molecule has 1 saturated heterocycles. The Hall–Kier alpha value is -1.56. The molecule has 0 spiro atoms. The van der Waals surface area contributed by atoms with Crippen LogP contribution in [0.1, 0.15) is 29.8 Å². The van der Waals surface area contributed by atoms with Gasteiger partial charge in [-0.05, 0) is 26.7 Å². The van der Waals surface area contributed by atoms with Gasteiger partial charge in [-0.15, -0.1) is 0 Å². The van der Waals surface area contributed by atoms with Gasteiger partial charge in [-0.25, -0.2) is 4.79 Å². The molecule has 3 N–H and O–H groups in total. The lowest BCUT2D eigenvalue weighted by Gasteiger charge is -2.31. The first-order chi connectivity index (χ1) is 8.99. The molecule has 1 aliphatic heterocycles. The molecule has 2 amide bonds. The quantitative estimate of drug-likeness (QED) is 0.843. The fraction of sp³-hybridized carbons (Fsp3) is 0.692. The number of hydrogen-bond acceptors (Lipinski definition) is 3. The average molecular weight is 265 g/mol. The second-order valence-corrected chi connectivity index (χ2v) is 5.25. The number of likely N-dealkylation sites (tertiary alicyclic amines) is 1. The first kappa shape index (κ1) is 13.9. The van der Waals surface area contributed by atoms with Crippen molar-refractivity contribution in [1.82, 2.24) is 20.0 Å². The zero-order chi connectivity index (χ0) is 14.0. The number of nitrogens with zero attached hydrogens (tertiary/aromatic N) is 3. The maximum Gasteiger partial charge on any atom is 0.314 e. The molecule has 0 saturated carbocycles. The number of carbonyl (C=O) groups excluding carboxylic acids is 1. The van der Waals surface area contributed by atoms with Crippen molar-refractivity contribution in [3.8, 4) is 0 Å². The molecule has 6 nitrogen and oxygen atoms in total. The van der Waals surface area contributed by atoms with E-state index in [1.807, 2.05) is 18.7 Å². The number of piperidine rings is 1. The molecule has 0 aliphatic carbocycles. The normalized spacial score (nSPS) is 16.9. The van der Waals surface area contributed by atoms with Crippen LogP contribution in [0.3, 0.4) is 0 Å². The number of carbonyl (C=O) groups is 1. The summed E-state index contributed by atoms with van der Waals surface area (Å²) in [5.74, 6) is 0. The lowest BCUT2D eigenvalue weighted by atomic mass is 10.0. The summed E-state index contributed by atoms with van der Waals surface area (Å²) in [6.07, 6.45) is 1.92. The number of hydrogen-bond donors (Lipinski definition) is 2. The molecule has 6 heteroatoms. The van der Waals surface area contributed by atoms with Crippen molar-refractivity contribution in [2.24, 2.45) is 12.8 Å². The summed E-state index contributed by atoms with van der Waals surface area (Å²) in [6, 6.07) is 0.145. The van der Waals surface area contributed by atoms with Crippen molar-refractivity contribution in [3.05, 3.63) is 17.0 Å². The van der Waals surface area contributed by atoms with Crippen molar-refractivity contribution in [1.29, 1.82) is 0 Å². The molecule has 2 heterocycles. The van der Waals surface area contributed by atoms with E-state index >= 15 is 0 Å². The number of aromatic nitrogens is 2. The number of aryl methyl sites for hydroxylation is 2. The molecule has 0 unspecified atom stereocenters. The van der Waals surface area contributed by atoms with Gasteiger partial charge in [0.1, 0.15) is 0 Å². The first-order valence-corrected chi connectivity index (χ1v) is 6.76. The molecule has 106 valence electrons. The SMILES string of the molecule is Cc1nn(C)c(C)c1CNC1CCN(C(N)=O)CC1. The third-order valence-electron chi connectivity index (χ3n) is 4.03. The molecule has 0 bridgehead atoms. The van der Waals surface area contributed by atoms with E-state index in [2.05, 4.69) is 17.3 Å². The Bertz CT molecular complexity index is 460. The number of urea groups is 1. The van der Waals surface area contributed by atoms with Crippen LogP contribution in [0.4, 0.5) is 4.79 Å². The standard InChI is InChI=1S/C13H23N5O/c1-9-12(10(2)17(3)16-9)8-15-11-4-6-18(7-5-11)13(14)19/h11,15H,4-8H2,1-3H3,(H2,14,19). The molecule has 0 atom stereocenters. The van der Waals surface area contributed by atoms with Crippen LogP contribution in [0.25, 0.3) is 0 Å². The van der Waals surface area contributed by atoms with Crippen LogP contribution in [-0.4, -0.2) is 39.8 Å². The highest BCUT2D eigenvalue weighted by Gasteiger charge is 2.21. The van der Waals surface area contributed by atoms with Gasteiger partial charge >= 0.3 is 6.03 Å². The molecule has 0 radical (unpaired) electrons. The van der Waals surface area contributed by atoms with Gasteiger partial charge in [0, 0.05) is 44.0 Å². The van der Waals surface area contributed by atoms with Crippen molar-refractivity contribution < 1.29 is 4.79 Å². The van der Waals surface area contributed by atoms with Gasteiger partial charge in [-0.3, -0.25) is 4.68 Å². The highest BCUT2D eigenvalue weighted by molar-refractivity contribution is 5.72. The summed E-state index contributed by atoms with van der Waals surface area (Å²) in [7, 11) is 1.97. The molecule has 1 aliphatic rings. The summed E-state index contributed by atoms with van der Waals surface area (Å²) in [5, 5.41) is 7.98. The molecular formula is C13H23N5O. The van der Waals surface area contributed by atoms with E-state index in [-0.39, 0.29) is 6.03 Å². The fourth-order valence-electron chi connectivity index (χ4n) is 2.62. The Labute approximate surface area is 113 Å². The predicted octanol–water partition coefficient (Wildman–Crippen LogP) is 0.670. The van der Waals surface area contributed by atoms with Crippen LogP contribution in [0.15, 0.2) is 0 Å². The lowest BCUT2D eigenvalue weighted by Crippen LogP contribution is -2.46. The van der Waals surface area contributed by atoms with Crippen LogP contribution in [-0.2, 0) is 13.6 Å². The molecule has 19 heavy (non-hydrogen) atoms. The van der Waals surface area contributed by atoms with E-state index in [4.69, 9.17) is 5.73 Å². The maximum atomic E-state index is 11.0. The van der Waals surface area contributed by atoms with Crippen molar-refractivity contribution in [2.45, 2.75) is 39.3 Å². The summed E-state index contributed by atoms with van der Waals surface area (Å²) in [5.41, 5.74) is 8.85. The zero-order valence-electron chi connectivity index (χ0n) is 11.9. The van der Waals surface area contributed by atoms with Crippen molar-refractivity contribution in [3.63, 3.8) is 0 Å². The number of nitrogens with two attached hydrogens (primary N) is 1. The predicted molar refractivity (Wildman–Crippen MR) is 73.7 cm³/mol. The van der Waals surface area contributed by atoms with E-state index in [0.29, 0.717) is 6.04 Å². The van der Waals surface area contributed by atoms with Crippen LogP contribution in [0, 0.1) is 13.8 Å². The van der Waals surface area contributed by atoms with Crippen molar-refractivity contribution >= 4 is 6.03 Å². The third-order valence-corrected chi connectivity index (χ3v) is 4.03. The molecule has 1 aromatic rings. The van der Waals surface area contributed by atoms with Gasteiger partial charge in [0.05, 0.1) is 5.69 Å². The minimum absolute atomic E-state index is 0.308. The molecule has 1 aromatic heterocycles. The molecule has 2 rings (SSSR count). The second-order valence-electron chi connectivity index (χ2n) is 5.25. The van der Waals surface area contributed by atoms with E-state index in [1.54, 1.807) is 4.90 Å². The number of nitrogens with one attached hydrogen (secondary N) is 1. The average Bonchev–Trinajstić information content (AvgIpc) is 2.62. The van der Waals surface area contributed by atoms with E-state index in [9.17, 15) is 4.79 Å². The number of rotatable bonds is 3. The van der Waals surface area contributed by atoms with Gasteiger partial charge in [0.15, 0.2) is 0 Å². The maximum absolute atomic E-state index is 11.0. The van der Waals surface area contributed by atoms with Gasteiger partial charge in [0.2, 0.25) is 0 Å². The Morgan fingerprint density at radius 1 is 1.42 bits per heavy atom. The first-order valence-electron chi connectivity index (χ1n) is 6.76. The summed E-state index contributed by atoms with van der Waals surface area (Å²) in [4.78, 5) is 12.8. The second kappa shape index (κ2) is 5.61. The Balaban J connectivity index is 1.85. The van der Waals surface area contributed by atoms with Crippen LogP contribution in [0.2, 0.25) is 0 Å². The third kappa shape index (κ3) is 3.07. The van der Waals surface area contributed by atoms with Crippen LogP contribution < -0.4 is 11.1 Å². The molecule has 0 aromatic carbocycles. The van der Waals surface area contributed by atoms with Crippen molar-refractivity contribution in [2.75, 3.05) is 13.1 Å². The monoisotopic (exact) mass is 265 g/mol. The highest BCUT2D eigenvalue weighted by Crippen LogP contribution is 2.14. The number of amides is 2. The largest absolute Gasteiger partial charge is 0.351 e. The summed E-state index contributed by atoms with van der Waals surface area (Å²) >= 11 is 0. The van der Waals surface area contributed by atoms with E-state index in [0.717, 1.165) is 38.2 Å². The van der Waals surface area contributed by atoms with E-state index in [1.165, 1.54) is 11.3 Å². The summed E-state index contributed by atoms with van der Waals surface area (Å²) in [6.45, 7) is 6.47. The van der Waals surface area contributed by atoms with E-state index < -0.39 is 0 Å². The van der Waals surface area contributed by atoms with Crippen LogP contribution in [0.5, 0.6) is 0 Å². The summed E-state index contributed by atoms with van der Waals surface area (Å²) < 4.78 is 1.92. The Kier molecular flexibility index (Phi) is 4.09. The minimum Gasteiger partial charge on any atom is -0.351 e. The van der Waals surface area contributed by atoms with Gasteiger partial charge < -0.3 is 16.0 Å². The fourth-order valence-corrected chi connectivity index (χ4v) is 2.62.